The standard InChI is InChI=1S/C23H28FNO3S/c1-3-19(25-28-13-5-4-6-16-7-9-18(24)10-8-16)22-20(26)14-17(15-21(22)27)23(29-2)11-12-23/h4,6-10,17,26H,3,5,11-15H2,1-2H3/b6-4+,25-19-. The number of aliphatic hydroxyl groups is 1. The number of halogens is 1. The van der Waals surface area contributed by atoms with E-state index in [1.807, 2.05) is 30.8 Å². The van der Waals surface area contributed by atoms with Crippen LogP contribution in [0.25, 0.3) is 6.08 Å². The maximum atomic E-state index is 12.9. The zero-order valence-corrected chi connectivity index (χ0v) is 17.8. The summed E-state index contributed by atoms with van der Waals surface area (Å²) in [6, 6.07) is 6.26. The molecule has 0 amide bonds. The molecule has 0 bridgehead atoms. The molecule has 6 heteroatoms. The zero-order chi connectivity index (χ0) is 20.9. The number of benzene rings is 1. The van der Waals surface area contributed by atoms with E-state index < -0.39 is 0 Å². The fourth-order valence-corrected chi connectivity index (χ4v) is 4.83. The van der Waals surface area contributed by atoms with Gasteiger partial charge in [0, 0.05) is 24.0 Å². The van der Waals surface area contributed by atoms with Crippen LogP contribution in [0.5, 0.6) is 0 Å². The van der Waals surface area contributed by atoms with Crippen molar-refractivity contribution in [1.82, 2.24) is 0 Å². The van der Waals surface area contributed by atoms with Crippen LogP contribution in [-0.4, -0.2) is 34.2 Å². The van der Waals surface area contributed by atoms with Gasteiger partial charge in [0.25, 0.3) is 0 Å². The molecular formula is C23H28FNO3S. The van der Waals surface area contributed by atoms with Crippen molar-refractivity contribution in [1.29, 1.82) is 0 Å². The highest BCUT2D eigenvalue weighted by atomic mass is 32.2. The Balaban J connectivity index is 1.55. The van der Waals surface area contributed by atoms with Crippen LogP contribution < -0.4 is 0 Å². The van der Waals surface area contributed by atoms with Crippen molar-refractivity contribution in [3.8, 4) is 0 Å². The third-order valence-corrected chi connectivity index (χ3v) is 7.24. The lowest BCUT2D eigenvalue weighted by Crippen LogP contribution is -2.30. The highest BCUT2D eigenvalue weighted by Crippen LogP contribution is 2.56. The minimum Gasteiger partial charge on any atom is -0.511 e. The smallest absolute Gasteiger partial charge is 0.168 e. The third-order valence-electron chi connectivity index (χ3n) is 5.69. The summed E-state index contributed by atoms with van der Waals surface area (Å²) in [5, 5.41) is 14.7. The van der Waals surface area contributed by atoms with E-state index in [4.69, 9.17) is 4.84 Å². The lowest BCUT2D eigenvalue weighted by molar-refractivity contribution is -0.116. The number of rotatable bonds is 9. The maximum absolute atomic E-state index is 12.9. The number of nitrogens with zero attached hydrogens (tertiary/aromatic N) is 1. The monoisotopic (exact) mass is 417 g/mol. The van der Waals surface area contributed by atoms with E-state index in [1.165, 1.54) is 12.1 Å². The number of carbonyl (C=O) groups excluding carboxylic acids is 1. The first kappa shape index (κ1) is 21.6. The van der Waals surface area contributed by atoms with E-state index in [1.54, 1.807) is 12.1 Å². The Labute approximate surface area is 175 Å². The first-order valence-electron chi connectivity index (χ1n) is 10.1. The summed E-state index contributed by atoms with van der Waals surface area (Å²) in [6.45, 7) is 2.27. The van der Waals surface area contributed by atoms with Gasteiger partial charge in [0.05, 0.1) is 11.3 Å². The molecule has 0 saturated heterocycles. The van der Waals surface area contributed by atoms with Crippen molar-refractivity contribution < 1.29 is 19.1 Å². The van der Waals surface area contributed by atoms with E-state index in [9.17, 15) is 14.3 Å². The van der Waals surface area contributed by atoms with E-state index in [0.29, 0.717) is 43.6 Å². The first-order chi connectivity index (χ1) is 14.0. The maximum Gasteiger partial charge on any atom is 0.168 e. The summed E-state index contributed by atoms with van der Waals surface area (Å²) in [5.41, 5.74) is 1.78. The molecule has 2 aliphatic carbocycles. The average Bonchev–Trinajstić information content (AvgIpc) is 3.51. The number of aliphatic hydroxyl groups excluding tert-OH is 1. The summed E-state index contributed by atoms with van der Waals surface area (Å²) in [6.07, 6.45) is 10.3. The quantitative estimate of drug-likeness (QED) is 0.318. The molecule has 156 valence electrons. The van der Waals surface area contributed by atoms with Crippen LogP contribution in [0, 0.1) is 11.7 Å². The van der Waals surface area contributed by atoms with Crippen LogP contribution in [0.15, 0.2) is 46.8 Å². The lowest BCUT2D eigenvalue weighted by Gasteiger charge is -2.29. The summed E-state index contributed by atoms with van der Waals surface area (Å²) in [4.78, 5) is 18.1. The molecule has 1 fully saturated rings. The van der Waals surface area contributed by atoms with Crippen molar-refractivity contribution in [2.75, 3.05) is 12.9 Å². The Kier molecular flexibility index (Phi) is 7.17. The number of hydrogen-bond donors (Lipinski definition) is 1. The number of carbonyl (C=O) groups is 1. The van der Waals surface area contributed by atoms with Crippen molar-refractivity contribution in [3.05, 3.63) is 53.1 Å². The minimum atomic E-state index is -0.256. The van der Waals surface area contributed by atoms with E-state index in [-0.39, 0.29) is 28.0 Å². The van der Waals surface area contributed by atoms with E-state index >= 15 is 0 Å². The summed E-state index contributed by atoms with van der Waals surface area (Å²) in [5.74, 6) is 0.0876. The van der Waals surface area contributed by atoms with Crippen molar-refractivity contribution in [2.45, 2.75) is 50.2 Å². The Morgan fingerprint density at radius 2 is 2.07 bits per heavy atom. The van der Waals surface area contributed by atoms with Gasteiger partial charge >= 0.3 is 0 Å². The van der Waals surface area contributed by atoms with Gasteiger partial charge in [-0.05, 0) is 49.1 Å². The lowest BCUT2D eigenvalue weighted by atomic mass is 9.82. The molecular weight excluding hydrogens is 389 g/mol. The fraction of sp³-hybridized carbons (Fsp3) is 0.478. The molecule has 0 aromatic heterocycles. The molecule has 1 N–H and O–H groups in total. The average molecular weight is 418 g/mol. The van der Waals surface area contributed by atoms with Gasteiger partial charge in [0.1, 0.15) is 18.2 Å². The number of Topliss-reactive ketones (excluding diaryl/α,β-unsaturated/α-hetero) is 1. The van der Waals surface area contributed by atoms with Gasteiger partial charge < -0.3 is 9.94 Å². The third kappa shape index (κ3) is 5.30. The number of ketones is 1. The van der Waals surface area contributed by atoms with Gasteiger partial charge in [-0.25, -0.2) is 4.39 Å². The Hall–Kier alpha value is -2.08. The van der Waals surface area contributed by atoms with E-state index in [2.05, 4.69) is 11.4 Å². The topological polar surface area (TPSA) is 58.9 Å². The summed E-state index contributed by atoms with van der Waals surface area (Å²) >= 11 is 1.82. The molecule has 3 rings (SSSR count). The highest BCUT2D eigenvalue weighted by molar-refractivity contribution is 8.00. The fourth-order valence-electron chi connectivity index (χ4n) is 3.82. The van der Waals surface area contributed by atoms with Crippen molar-refractivity contribution in [2.24, 2.45) is 11.1 Å². The molecule has 0 radical (unpaired) electrons. The predicted molar refractivity (Wildman–Crippen MR) is 117 cm³/mol. The van der Waals surface area contributed by atoms with Gasteiger partial charge in [-0.15, -0.1) is 0 Å². The van der Waals surface area contributed by atoms with Crippen LogP contribution in [0.4, 0.5) is 4.39 Å². The molecule has 1 saturated carbocycles. The summed E-state index contributed by atoms with van der Waals surface area (Å²) in [7, 11) is 0. The van der Waals surface area contributed by atoms with Crippen LogP contribution in [0.2, 0.25) is 0 Å². The van der Waals surface area contributed by atoms with E-state index in [0.717, 1.165) is 18.4 Å². The van der Waals surface area contributed by atoms with Gasteiger partial charge in [-0.2, -0.15) is 11.8 Å². The van der Waals surface area contributed by atoms with Crippen LogP contribution in [0.3, 0.4) is 0 Å². The SMILES string of the molecule is CC/C(=N/OCC/C=C/c1ccc(F)cc1)C1=C(O)CC(C2(SC)CC2)CC1=O. The van der Waals surface area contributed by atoms with Gasteiger partial charge in [0.15, 0.2) is 5.78 Å². The Morgan fingerprint density at radius 1 is 1.34 bits per heavy atom. The molecule has 29 heavy (non-hydrogen) atoms. The number of thioether (sulfide) groups is 1. The van der Waals surface area contributed by atoms with Crippen LogP contribution in [-0.2, 0) is 9.63 Å². The van der Waals surface area contributed by atoms with Gasteiger partial charge in [-0.3, -0.25) is 4.79 Å². The molecule has 1 unspecified atom stereocenters. The number of oxime groups is 1. The predicted octanol–water partition coefficient (Wildman–Crippen LogP) is 5.70. The largest absolute Gasteiger partial charge is 0.511 e. The highest BCUT2D eigenvalue weighted by Gasteiger charge is 2.51. The molecule has 0 aliphatic heterocycles. The van der Waals surface area contributed by atoms with Crippen molar-refractivity contribution in [3.63, 3.8) is 0 Å². The first-order valence-corrected chi connectivity index (χ1v) is 11.3. The molecule has 4 nitrogen and oxygen atoms in total. The molecule has 1 aromatic rings. The Morgan fingerprint density at radius 3 is 2.66 bits per heavy atom. The Bertz CT molecular complexity index is 825. The minimum absolute atomic E-state index is 0.0283. The second kappa shape index (κ2) is 9.61. The molecule has 1 aromatic carbocycles. The second-order valence-corrected chi connectivity index (χ2v) is 8.81. The molecule has 0 heterocycles. The number of hydrogen-bond acceptors (Lipinski definition) is 5. The van der Waals surface area contributed by atoms with Gasteiger partial charge in [-0.1, -0.05) is 36.4 Å². The molecule has 2 aliphatic rings. The molecule has 0 spiro atoms. The van der Waals surface area contributed by atoms with Crippen LogP contribution >= 0.6 is 11.8 Å². The summed E-state index contributed by atoms with van der Waals surface area (Å²) < 4.78 is 13.1. The normalized spacial score (nSPS) is 21.7. The van der Waals surface area contributed by atoms with Crippen molar-refractivity contribution >= 4 is 29.3 Å². The molecule has 1 atom stereocenters. The van der Waals surface area contributed by atoms with Gasteiger partial charge in [0.2, 0.25) is 0 Å². The van der Waals surface area contributed by atoms with Crippen LogP contribution in [0.1, 0.15) is 51.0 Å². The second-order valence-electron chi connectivity index (χ2n) is 7.59. The number of allylic oxidation sites excluding steroid dienone is 2. The zero-order valence-electron chi connectivity index (χ0n) is 17.0.